The molecule has 0 unspecified atom stereocenters. The first-order valence-corrected chi connectivity index (χ1v) is 4.16. The number of hydrogen-bond acceptors (Lipinski definition) is 4. The molecule has 1 rings (SSSR count). The molecule has 1 heterocycles. The van der Waals surface area contributed by atoms with Gasteiger partial charge in [0.15, 0.2) is 11.8 Å². The third-order valence-corrected chi connectivity index (χ3v) is 1.60. The van der Waals surface area contributed by atoms with Gasteiger partial charge in [-0.15, -0.1) is 0 Å². The molecule has 0 fully saturated rings. The van der Waals surface area contributed by atoms with E-state index in [-0.39, 0.29) is 11.3 Å². The zero-order valence-electron chi connectivity index (χ0n) is 8.06. The van der Waals surface area contributed by atoms with Gasteiger partial charge in [-0.3, -0.25) is 10.1 Å². The van der Waals surface area contributed by atoms with Crippen LogP contribution in [-0.2, 0) is 0 Å². The summed E-state index contributed by atoms with van der Waals surface area (Å²) >= 11 is 0. The van der Waals surface area contributed by atoms with Gasteiger partial charge in [-0.2, -0.15) is 4.73 Å². The van der Waals surface area contributed by atoms with E-state index in [1.165, 1.54) is 0 Å². The van der Waals surface area contributed by atoms with Crippen LogP contribution in [0.4, 0.5) is 5.69 Å². The number of hydrogen-bond donors (Lipinski definition) is 1. The Labute approximate surface area is 86.3 Å². The minimum absolute atomic E-state index is 0.118. The Hall–Kier alpha value is -2.13. The van der Waals surface area contributed by atoms with Crippen LogP contribution in [0.25, 0.3) is 0 Å². The average Bonchev–Trinajstić information content (AvgIpc) is 2.18. The molecule has 0 bridgehead atoms. The van der Waals surface area contributed by atoms with Gasteiger partial charge in [-0.05, 0) is 7.05 Å². The number of pyridine rings is 1. The quantitative estimate of drug-likeness (QED) is 0.239. The Kier molecular flexibility index (Phi) is 3.60. The molecule has 0 spiro atoms. The van der Waals surface area contributed by atoms with E-state index in [0.717, 1.165) is 18.5 Å². The van der Waals surface area contributed by atoms with Crippen LogP contribution < -0.4 is 10.0 Å². The predicted molar refractivity (Wildman–Crippen MR) is 52.9 cm³/mol. The summed E-state index contributed by atoms with van der Waals surface area (Å²) in [6, 6.07) is 1.14. The Morgan fingerprint density at radius 3 is 3.00 bits per heavy atom. The molecule has 0 aliphatic carbocycles. The highest BCUT2D eigenvalue weighted by atomic mass is 16.6. The van der Waals surface area contributed by atoms with Gasteiger partial charge < -0.3 is 10.5 Å². The molecule has 1 aromatic rings. The van der Waals surface area contributed by atoms with Crippen LogP contribution >= 0.6 is 0 Å². The number of rotatable bonds is 2. The van der Waals surface area contributed by atoms with E-state index >= 15 is 0 Å². The smallest absolute Gasteiger partial charge is 0.297 e. The summed E-state index contributed by atoms with van der Waals surface area (Å²) in [5.41, 5.74) is -0.0431. The van der Waals surface area contributed by atoms with E-state index in [0.29, 0.717) is 11.3 Å². The Bertz CT molecular complexity index is 434. The van der Waals surface area contributed by atoms with Crippen molar-refractivity contribution in [3.05, 3.63) is 39.3 Å². The standard InChI is InChI=1S/C9H9N3O3/c1-10-5-2-3-8-7-11(13)6-4-9(8)12(14)15/h4,6-7,10H,5H2,1H3. The normalized spacial score (nSPS) is 9.13. The van der Waals surface area contributed by atoms with Gasteiger partial charge in [-0.25, -0.2) is 0 Å². The minimum atomic E-state index is -0.566. The monoisotopic (exact) mass is 207 g/mol. The fraction of sp³-hybridized carbons (Fsp3) is 0.222. The number of aromatic nitrogens is 1. The Morgan fingerprint density at radius 1 is 1.67 bits per heavy atom. The maximum absolute atomic E-state index is 10.9. The average molecular weight is 207 g/mol. The van der Waals surface area contributed by atoms with Gasteiger partial charge in [-0.1, -0.05) is 11.8 Å². The number of nitrogens with zero attached hydrogens (tertiary/aromatic N) is 2. The SMILES string of the molecule is CNCC#Cc1c[n+]([O-])ccc1[N+](=O)[O-]. The molecule has 1 N–H and O–H groups in total. The zero-order chi connectivity index (χ0) is 11.3. The van der Waals surface area contributed by atoms with Crippen molar-refractivity contribution in [2.24, 2.45) is 0 Å². The topological polar surface area (TPSA) is 82.1 Å². The van der Waals surface area contributed by atoms with Gasteiger partial charge >= 0.3 is 0 Å². The molecule has 0 aromatic carbocycles. The lowest BCUT2D eigenvalue weighted by molar-refractivity contribution is -0.606. The first kappa shape index (κ1) is 10.9. The molecule has 0 amide bonds. The van der Waals surface area contributed by atoms with Crippen LogP contribution in [0.3, 0.4) is 0 Å². The highest BCUT2D eigenvalue weighted by molar-refractivity contribution is 5.47. The minimum Gasteiger partial charge on any atom is -0.619 e. The third kappa shape index (κ3) is 2.93. The molecular formula is C9H9N3O3. The first-order chi connectivity index (χ1) is 7.15. The zero-order valence-corrected chi connectivity index (χ0v) is 8.06. The maximum Gasteiger partial charge on any atom is 0.297 e. The molecule has 15 heavy (non-hydrogen) atoms. The summed E-state index contributed by atoms with van der Waals surface area (Å²) < 4.78 is 0.483. The summed E-state index contributed by atoms with van der Waals surface area (Å²) in [5, 5.41) is 24.3. The van der Waals surface area contributed by atoms with Gasteiger partial charge in [0.1, 0.15) is 0 Å². The summed E-state index contributed by atoms with van der Waals surface area (Å²) in [6.45, 7) is 0.408. The van der Waals surface area contributed by atoms with E-state index in [9.17, 15) is 15.3 Å². The molecule has 0 saturated heterocycles. The highest BCUT2D eigenvalue weighted by Crippen LogP contribution is 2.13. The second-order valence-electron chi connectivity index (χ2n) is 2.69. The molecule has 6 heteroatoms. The second kappa shape index (κ2) is 4.93. The van der Waals surface area contributed by atoms with Crippen molar-refractivity contribution < 1.29 is 9.65 Å². The molecule has 0 aliphatic rings. The number of nitrogens with one attached hydrogen (secondary N) is 1. The van der Waals surface area contributed by atoms with Crippen LogP contribution in [0.15, 0.2) is 18.5 Å². The highest BCUT2D eigenvalue weighted by Gasteiger charge is 2.14. The van der Waals surface area contributed by atoms with Gasteiger partial charge in [0, 0.05) is 0 Å². The van der Waals surface area contributed by atoms with Crippen molar-refractivity contribution in [2.75, 3.05) is 13.6 Å². The molecule has 0 atom stereocenters. The summed E-state index contributed by atoms with van der Waals surface area (Å²) in [5.74, 6) is 5.22. The molecule has 6 nitrogen and oxygen atoms in total. The number of nitro groups is 1. The third-order valence-electron chi connectivity index (χ3n) is 1.60. The summed E-state index contributed by atoms with van der Waals surface area (Å²) in [6.07, 6.45) is 2.15. The largest absolute Gasteiger partial charge is 0.619 e. The van der Waals surface area contributed by atoms with Crippen LogP contribution in [0.1, 0.15) is 5.56 Å². The predicted octanol–water partition coefficient (Wildman–Crippen LogP) is -0.201. The van der Waals surface area contributed by atoms with E-state index in [1.807, 2.05) is 0 Å². The lowest BCUT2D eigenvalue weighted by Gasteiger charge is -1.96. The van der Waals surface area contributed by atoms with Crippen molar-refractivity contribution in [2.45, 2.75) is 0 Å². The Morgan fingerprint density at radius 2 is 2.40 bits per heavy atom. The lowest BCUT2D eigenvalue weighted by atomic mass is 10.2. The molecule has 0 saturated carbocycles. The summed E-state index contributed by atoms with van der Waals surface area (Å²) in [4.78, 5) is 10.0. The van der Waals surface area contributed by atoms with Crippen LogP contribution in [0.2, 0.25) is 0 Å². The van der Waals surface area contributed by atoms with Crippen molar-refractivity contribution >= 4 is 5.69 Å². The molecule has 0 radical (unpaired) electrons. The Balaban J connectivity index is 3.09. The van der Waals surface area contributed by atoms with Crippen LogP contribution in [0.5, 0.6) is 0 Å². The van der Waals surface area contributed by atoms with E-state index < -0.39 is 4.92 Å². The van der Waals surface area contributed by atoms with E-state index in [4.69, 9.17) is 0 Å². The van der Waals surface area contributed by atoms with Crippen molar-refractivity contribution in [1.82, 2.24) is 5.32 Å². The van der Waals surface area contributed by atoms with Crippen molar-refractivity contribution in [3.63, 3.8) is 0 Å². The summed E-state index contributed by atoms with van der Waals surface area (Å²) in [7, 11) is 1.71. The molecular weight excluding hydrogens is 198 g/mol. The van der Waals surface area contributed by atoms with Gasteiger partial charge in [0.25, 0.3) is 5.69 Å². The molecule has 0 aliphatic heterocycles. The first-order valence-electron chi connectivity index (χ1n) is 4.16. The van der Waals surface area contributed by atoms with E-state index in [2.05, 4.69) is 17.2 Å². The van der Waals surface area contributed by atoms with Crippen LogP contribution in [0, 0.1) is 27.2 Å². The second-order valence-corrected chi connectivity index (χ2v) is 2.69. The maximum atomic E-state index is 10.9. The molecule has 78 valence electrons. The molecule has 1 aromatic heterocycles. The van der Waals surface area contributed by atoms with E-state index in [1.54, 1.807) is 7.05 Å². The van der Waals surface area contributed by atoms with Crippen molar-refractivity contribution in [1.29, 1.82) is 0 Å². The van der Waals surface area contributed by atoms with Gasteiger partial charge in [0.2, 0.25) is 6.20 Å². The van der Waals surface area contributed by atoms with Crippen LogP contribution in [-0.4, -0.2) is 18.5 Å². The fourth-order valence-corrected chi connectivity index (χ4v) is 0.954. The lowest BCUT2D eigenvalue weighted by Crippen LogP contribution is -2.25. The van der Waals surface area contributed by atoms with Gasteiger partial charge in [0.05, 0.1) is 17.5 Å². The fourth-order valence-electron chi connectivity index (χ4n) is 0.954. The van der Waals surface area contributed by atoms with Crippen molar-refractivity contribution in [3.8, 4) is 11.8 Å².